The molecule has 110 valence electrons. The van der Waals surface area contributed by atoms with Gasteiger partial charge in [0.05, 0.1) is 12.2 Å². The molecule has 1 aromatic carbocycles. The Morgan fingerprint density at radius 1 is 1.24 bits per heavy atom. The molecule has 5 heteroatoms. The van der Waals surface area contributed by atoms with E-state index in [0.29, 0.717) is 18.0 Å². The summed E-state index contributed by atoms with van der Waals surface area (Å²) >= 11 is 0. The zero-order chi connectivity index (χ0) is 15.1. The van der Waals surface area contributed by atoms with Crippen LogP contribution in [-0.4, -0.2) is 24.5 Å². The molecule has 2 rings (SSSR count). The summed E-state index contributed by atoms with van der Waals surface area (Å²) in [5.41, 5.74) is 1.22. The van der Waals surface area contributed by atoms with Gasteiger partial charge in [0.2, 0.25) is 0 Å². The fraction of sp³-hybridized carbons (Fsp3) is 0.250. The van der Waals surface area contributed by atoms with Crippen molar-refractivity contribution in [3.05, 3.63) is 48.2 Å². The first-order valence-electron chi connectivity index (χ1n) is 6.91. The largest absolute Gasteiger partial charge is 0.494 e. The number of carbonyl (C=O) groups is 1. The second-order valence-electron chi connectivity index (χ2n) is 4.48. The van der Waals surface area contributed by atoms with Crippen molar-refractivity contribution < 1.29 is 9.53 Å². The number of anilines is 2. The van der Waals surface area contributed by atoms with Crippen LogP contribution < -0.4 is 15.4 Å². The minimum atomic E-state index is -0.199. The summed E-state index contributed by atoms with van der Waals surface area (Å²) in [6.45, 7) is 2.74. The summed E-state index contributed by atoms with van der Waals surface area (Å²) in [5, 5.41) is 5.74. The van der Waals surface area contributed by atoms with Crippen molar-refractivity contribution in [2.24, 2.45) is 0 Å². The minimum Gasteiger partial charge on any atom is -0.494 e. The molecule has 21 heavy (non-hydrogen) atoms. The summed E-state index contributed by atoms with van der Waals surface area (Å²) in [7, 11) is 1.74. The Morgan fingerprint density at radius 3 is 2.67 bits per heavy atom. The molecule has 2 aromatic rings. The number of hydrogen-bond acceptors (Lipinski definition) is 4. The second-order valence-corrected chi connectivity index (χ2v) is 4.48. The van der Waals surface area contributed by atoms with Crippen molar-refractivity contribution in [2.75, 3.05) is 24.3 Å². The van der Waals surface area contributed by atoms with Crippen LogP contribution in [0.3, 0.4) is 0 Å². The van der Waals surface area contributed by atoms with Crippen LogP contribution >= 0.6 is 0 Å². The average Bonchev–Trinajstić information content (AvgIpc) is 2.54. The Hall–Kier alpha value is -2.56. The van der Waals surface area contributed by atoms with E-state index in [-0.39, 0.29) is 5.91 Å². The molecular weight excluding hydrogens is 266 g/mol. The first-order valence-corrected chi connectivity index (χ1v) is 6.91. The van der Waals surface area contributed by atoms with Gasteiger partial charge < -0.3 is 15.4 Å². The van der Waals surface area contributed by atoms with Crippen LogP contribution in [0.4, 0.5) is 11.5 Å². The fourth-order valence-corrected chi connectivity index (χ4v) is 1.84. The summed E-state index contributed by atoms with van der Waals surface area (Å²) in [5.74, 6) is 1.15. The van der Waals surface area contributed by atoms with E-state index in [0.717, 1.165) is 17.9 Å². The minimum absolute atomic E-state index is 0.199. The number of amides is 1. The fourth-order valence-electron chi connectivity index (χ4n) is 1.84. The number of aromatic nitrogens is 1. The van der Waals surface area contributed by atoms with Gasteiger partial charge in [0, 0.05) is 18.9 Å². The molecule has 5 nitrogen and oxygen atoms in total. The number of rotatable bonds is 6. The Labute approximate surface area is 124 Å². The first-order chi connectivity index (χ1) is 10.2. The van der Waals surface area contributed by atoms with Gasteiger partial charge in [-0.15, -0.1) is 0 Å². The molecule has 0 fully saturated rings. The Morgan fingerprint density at radius 2 is 2.00 bits per heavy atom. The van der Waals surface area contributed by atoms with Gasteiger partial charge >= 0.3 is 0 Å². The van der Waals surface area contributed by atoms with Crippen molar-refractivity contribution in [3.63, 3.8) is 0 Å². The molecule has 2 N–H and O–H groups in total. The van der Waals surface area contributed by atoms with Crippen LogP contribution in [-0.2, 0) is 0 Å². The van der Waals surface area contributed by atoms with Crippen LogP contribution in [0, 0.1) is 0 Å². The zero-order valence-electron chi connectivity index (χ0n) is 12.2. The number of benzene rings is 1. The third kappa shape index (κ3) is 3.95. The van der Waals surface area contributed by atoms with Crippen LogP contribution in [0.25, 0.3) is 0 Å². The van der Waals surface area contributed by atoms with Gasteiger partial charge in [0.15, 0.2) is 0 Å². The molecule has 0 aliphatic carbocycles. The molecule has 1 aromatic heterocycles. The predicted molar refractivity (Wildman–Crippen MR) is 84.0 cm³/mol. The molecule has 0 atom stereocenters. The van der Waals surface area contributed by atoms with Crippen LogP contribution in [0.5, 0.6) is 5.75 Å². The quantitative estimate of drug-likeness (QED) is 0.855. The maximum atomic E-state index is 12.2. The number of hydrogen-bond donors (Lipinski definition) is 2. The molecule has 0 spiro atoms. The molecule has 0 saturated heterocycles. The summed E-state index contributed by atoms with van der Waals surface area (Å²) in [4.78, 5) is 16.3. The van der Waals surface area contributed by atoms with E-state index in [2.05, 4.69) is 22.5 Å². The van der Waals surface area contributed by atoms with Crippen molar-refractivity contribution in [3.8, 4) is 5.75 Å². The molecule has 0 unspecified atom stereocenters. The van der Waals surface area contributed by atoms with Crippen molar-refractivity contribution in [1.82, 2.24) is 4.98 Å². The van der Waals surface area contributed by atoms with Gasteiger partial charge in [-0.05, 0) is 42.8 Å². The highest BCUT2D eigenvalue weighted by atomic mass is 16.5. The zero-order valence-corrected chi connectivity index (χ0v) is 12.2. The van der Waals surface area contributed by atoms with Crippen molar-refractivity contribution >= 4 is 17.4 Å². The number of ether oxygens (including phenoxy) is 1. The van der Waals surface area contributed by atoms with Crippen LogP contribution in [0.1, 0.15) is 23.7 Å². The molecular formula is C16H19N3O2. The second kappa shape index (κ2) is 7.28. The SMILES string of the molecule is CCCOc1ccc(NC(=O)c2cccnc2NC)cc1. The monoisotopic (exact) mass is 285 g/mol. The van der Waals surface area contributed by atoms with E-state index >= 15 is 0 Å². The topological polar surface area (TPSA) is 63.2 Å². The third-order valence-electron chi connectivity index (χ3n) is 2.87. The van der Waals surface area contributed by atoms with Gasteiger partial charge in [-0.2, -0.15) is 0 Å². The lowest BCUT2D eigenvalue weighted by molar-refractivity contribution is 0.102. The molecule has 0 bridgehead atoms. The maximum absolute atomic E-state index is 12.2. The van der Waals surface area contributed by atoms with Crippen molar-refractivity contribution in [2.45, 2.75) is 13.3 Å². The van der Waals surface area contributed by atoms with E-state index < -0.39 is 0 Å². The average molecular weight is 285 g/mol. The number of pyridine rings is 1. The predicted octanol–water partition coefficient (Wildman–Crippen LogP) is 3.16. The van der Waals surface area contributed by atoms with Gasteiger partial charge in [0.1, 0.15) is 11.6 Å². The van der Waals surface area contributed by atoms with E-state index in [1.807, 2.05) is 24.3 Å². The third-order valence-corrected chi connectivity index (χ3v) is 2.87. The Kier molecular flexibility index (Phi) is 5.15. The smallest absolute Gasteiger partial charge is 0.259 e. The molecule has 0 saturated carbocycles. The van der Waals surface area contributed by atoms with Gasteiger partial charge in [-0.1, -0.05) is 6.92 Å². The van der Waals surface area contributed by atoms with E-state index in [4.69, 9.17) is 4.74 Å². The maximum Gasteiger partial charge on any atom is 0.259 e. The lowest BCUT2D eigenvalue weighted by Gasteiger charge is -2.09. The standard InChI is InChI=1S/C16H19N3O2/c1-3-11-21-13-8-6-12(7-9-13)19-16(20)14-5-4-10-18-15(14)17-2/h4-10H,3,11H2,1-2H3,(H,17,18)(H,19,20). The van der Waals surface area contributed by atoms with Gasteiger partial charge in [-0.25, -0.2) is 4.98 Å². The Bertz CT molecular complexity index is 597. The van der Waals surface area contributed by atoms with Gasteiger partial charge in [0.25, 0.3) is 5.91 Å². The van der Waals surface area contributed by atoms with E-state index in [1.165, 1.54) is 0 Å². The summed E-state index contributed by atoms with van der Waals surface area (Å²) in [6, 6.07) is 10.8. The number of nitrogens with one attached hydrogen (secondary N) is 2. The summed E-state index contributed by atoms with van der Waals surface area (Å²) < 4.78 is 5.50. The van der Waals surface area contributed by atoms with Crippen molar-refractivity contribution in [1.29, 1.82) is 0 Å². The van der Waals surface area contributed by atoms with E-state index in [1.54, 1.807) is 25.4 Å². The first kappa shape index (κ1) is 14.8. The highest BCUT2D eigenvalue weighted by molar-refractivity contribution is 6.07. The van der Waals surface area contributed by atoms with Gasteiger partial charge in [-0.3, -0.25) is 4.79 Å². The van der Waals surface area contributed by atoms with Crippen LogP contribution in [0.2, 0.25) is 0 Å². The molecule has 1 amide bonds. The van der Waals surface area contributed by atoms with E-state index in [9.17, 15) is 4.79 Å². The molecule has 0 radical (unpaired) electrons. The van der Waals surface area contributed by atoms with Crippen LogP contribution in [0.15, 0.2) is 42.6 Å². The Balaban J connectivity index is 2.05. The molecule has 0 aliphatic rings. The number of nitrogens with zero attached hydrogens (tertiary/aromatic N) is 1. The summed E-state index contributed by atoms with van der Waals surface area (Å²) in [6.07, 6.45) is 2.61. The number of carbonyl (C=O) groups excluding carboxylic acids is 1. The lowest BCUT2D eigenvalue weighted by atomic mass is 10.2. The lowest BCUT2D eigenvalue weighted by Crippen LogP contribution is -2.14. The molecule has 1 heterocycles. The normalized spacial score (nSPS) is 10.0. The highest BCUT2D eigenvalue weighted by Crippen LogP contribution is 2.18. The molecule has 0 aliphatic heterocycles. The highest BCUT2D eigenvalue weighted by Gasteiger charge is 2.11.